The molecule has 0 aliphatic heterocycles. The third-order valence-corrected chi connectivity index (χ3v) is 4.33. The van der Waals surface area contributed by atoms with Crippen LogP contribution in [0, 0.1) is 0 Å². The highest BCUT2D eigenvalue weighted by Crippen LogP contribution is 2.16. The van der Waals surface area contributed by atoms with Gasteiger partial charge in [-0.05, 0) is 24.1 Å². The molecule has 5 heteroatoms. The number of amides is 1. The van der Waals surface area contributed by atoms with Crippen LogP contribution in [0.1, 0.15) is 11.3 Å². The molecule has 0 radical (unpaired) electrons. The molecule has 1 heterocycles. The summed E-state index contributed by atoms with van der Waals surface area (Å²) < 4.78 is 0. The van der Waals surface area contributed by atoms with Crippen molar-refractivity contribution in [1.29, 1.82) is 0 Å². The summed E-state index contributed by atoms with van der Waals surface area (Å²) >= 11 is 1.53. The van der Waals surface area contributed by atoms with E-state index in [4.69, 9.17) is 0 Å². The number of hydrogen-bond donors (Lipinski definition) is 2. The second-order valence-electron chi connectivity index (χ2n) is 5.40. The van der Waals surface area contributed by atoms with Crippen LogP contribution in [0.3, 0.4) is 0 Å². The van der Waals surface area contributed by atoms with Gasteiger partial charge in [-0.1, -0.05) is 48.5 Å². The molecule has 0 spiro atoms. The summed E-state index contributed by atoms with van der Waals surface area (Å²) in [7, 11) is 0. The smallest absolute Gasteiger partial charge is 0.230 e. The molecule has 0 saturated heterocycles. The van der Waals surface area contributed by atoms with E-state index in [2.05, 4.69) is 27.8 Å². The van der Waals surface area contributed by atoms with E-state index in [1.807, 2.05) is 53.9 Å². The molecule has 0 aliphatic carbocycles. The molecular formula is C19H19N3OS. The molecule has 0 fully saturated rings. The lowest BCUT2D eigenvalue weighted by Gasteiger charge is -2.03. The Morgan fingerprint density at radius 3 is 2.46 bits per heavy atom. The second kappa shape index (κ2) is 8.26. The van der Waals surface area contributed by atoms with Crippen LogP contribution in [0.4, 0.5) is 10.8 Å². The minimum atomic E-state index is -0.0534. The van der Waals surface area contributed by atoms with Crippen LogP contribution in [-0.2, 0) is 17.6 Å². The molecule has 122 valence electrons. The van der Waals surface area contributed by atoms with E-state index < -0.39 is 0 Å². The Morgan fingerprint density at radius 1 is 1.00 bits per heavy atom. The first-order valence-electron chi connectivity index (χ1n) is 7.87. The van der Waals surface area contributed by atoms with E-state index in [1.54, 1.807) is 0 Å². The van der Waals surface area contributed by atoms with Crippen LogP contribution in [-0.4, -0.2) is 17.4 Å². The first-order valence-corrected chi connectivity index (χ1v) is 8.75. The van der Waals surface area contributed by atoms with Crippen molar-refractivity contribution in [1.82, 2.24) is 4.98 Å². The Labute approximate surface area is 145 Å². The molecule has 0 bridgehead atoms. The highest BCUT2D eigenvalue weighted by Gasteiger charge is 2.08. The first-order chi connectivity index (χ1) is 11.8. The minimum Gasteiger partial charge on any atom is -0.361 e. The van der Waals surface area contributed by atoms with Crippen LogP contribution in [0.2, 0.25) is 0 Å². The number of para-hydroxylation sites is 1. The van der Waals surface area contributed by atoms with Crippen molar-refractivity contribution in [3.63, 3.8) is 0 Å². The molecule has 1 aromatic heterocycles. The van der Waals surface area contributed by atoms with E-state index in [9.17, 15) is 4.79 Å². The zero-order valence-electron chi connectivity index (χ0n) is 13.2. The van der Waals surface area contributed by atoms with Gasteiger partial charge >= 0.3 is 0 Å². The number of thiazole rings is 1. The van der Waals surface area contributed by atoms with Crippen molar-refractivity contribution in [2.75, 3.05) is 17.2 Å². The maximum absolute atomic E-state index is 12.0. The van der Waals surface area contributed by atoms with Gasteiger partial charge < -0.3 is 10.6 Å². The monoisotopic (exact) mass is 337 g/mol. The number of rotatable bonds is 7. The largest absolute Gasteiger partial charge is 0.361 e. The Kier molecular flexibility index (Phi) is 5.58. The van der Waals surface area contributed by atoms with Crippen LogP contribution < -0.4 is 10.6 Å². The number of nitrogens with one attached hydrogen (secondary N) is 2. The molecule has 3 aromatic rings. The molecule has 24 heavy (non-hydrogen) atoms. The molecular weight excluding hydrogens is 318 g/mol. The lowest BCUT2D eigenvalue weighted by atomic mass is 10.1. The third kappa shape index (κ3) is 4.93. The molecule has 3 rings (SSSR count). The fourth-order valence-electron chi connectivity index (χ4n) is 2.32. The lowest BCUT2D eigenvalue weighted by Crippen LogP contribution is -2.14. The zero-order valence-corrected chi connectivity index (χ0v) is 14.1. The van der Waals surface area contributed by atoms with Crippen molar-refractivity contribution in [2.24, 2.45) is 0 Å². The van der Waals surface area contributed by atoms with E-state index in [0.29, 0.717) is 0 Å². The Morgan fingerprint density at radius 2 is 1.71 bits per heavy atom. The van der Waals surface area contributed by atoms with Crippen molar-refractivity contribution in [3.05, 3.63) is 77.3 Å². The summed E-state index contributed by atoms with van der Waals surface area (Å²) in [6, 6.07) is 19.8. The quantitative estimate of drug-likeness (QED) is 0.686. The van der Waals surface area contributed by atoms with Crippen LogP contribution in [0.15, 0.2) is 66.0 Å². The number of carbonyl (C=O) groups excluding carboxylic acids is 1. The second-order valence-corrected chi connectivity index (χ2v) is 6.26. The molecule has 2 aromatic carbocycles. The van der Waals surface area contributed by atoms with Gasteiger partial charge in [-0.2, -0.15) is 0 Å². The highest BCUT2D eigenvalue weighted by atomic mass is 32.1. The molecule has 0 saturated carbocycles. The van der Waals surface area contributed by atoms with Gasteiger partial charge in [-0.15, -0.1) is 11.3 Å². The van der Waals surface area contributed by atoms with Gasteiger partial charge in [-0.25, -0.2) is 4.98 Å². The SMILES string of the molecule is O=C(Cc1csc(NCCc2ccccc2)n1)Nc1ccccc1. The predicted molar refractivity (Wildman–Crippen MR) is 99.5 cm³/mol. The van der Waals surface area contributed by atoms with Crippen molar-refractivity contribution in [3.8, 4) is 0 Å². The normalized spacial score (nSPS) is 10.3. The standard InChI is InChI=1S/C19H19N3OS/c23-18(21-16-9-5-2-6-10-16)13-17-14-24-19(22-17)20-12-11-15-7-3-1-4-8-15/h1-10,14H,11-13H2,(H,20,22)(H,21,23). The number of aromatic nitrogens is 1. The summed E-state index contributed by atoms with van der Waals surface area (Å²) in [5.41, 5.74) is 2.89. The molecule has 0 unspecified atom stereocenters. The van der Waals surface area contributed by atoms with Gasteiger partial charge in [0, 0.05) is 17.6 Å². The van der Waals surface area contributed by atoms with Gasteiger partial charge in [0.25, 0.3) is 0 Å². The molecule has 2 N–H and O–H groups in total. The van der Waals surface area contributed by atoms with Crippen molar-refractivity contribution >= 4 is 28.1 Å². The molecule has 4 nitrogen and oxygen atoms in total. The summed E-state index contributed by atoms with van der Waals surface area (Å²) in [6.45, 7) is 0.827. The first kappa shape index (κ1) is 16.2. The third-order valence-electron chi connectivity index (χ3n) is 3.48. The average molecular weight is 337 g/mol. The summed E-state index contributed by atoms with van der Waals surface area (Å²) in [5, 5.41) is 8.96. The van der Waals surface area contributed by atoms with Crippen molar-refractivity contribution in [2.45, 2.75) is 12.8 Å². The fraction of sp³-hybridized carbons (Fsp3) is 0.158. The maximum Gasteiger partial charge on any atom is 0.230 e. The van der Waals surface area contributed by atoms with E-state index >= 15 is 0 Å². The maximum atomic E-state index is 12.0. The topological polar surface area (TPSA) is 54.0 Å². The molecule has 0 atom stereocenters. The average Bonchev–Trinajstić information content (AvgIpc) is 3.04. The molecule has 1 amide bonds. The van der Waals surface area contributed by atoms with Gasteiger partial charge in [0.2, 0.25) is 5.91 Å². The van der Waals surface area contributed by atoms with Crippen molar-refractivity contribution < 1.29 is 4.79 Å². The van der Waals surface area contributed by atoms with Crippen LogP contribution in [0.25, 0.3) is 0 Å². The number of nitrogens with zero attached hydrogens (tertiary/aromatic N) is 1. The van der Waals surface area contributed by atoms with E-state index in [1.165, 1.54) is 16.9 Å². The number of anilines is 2. The predicted octanol–water partition coefficient (Wildman–Crippen LogP) is 3.98. The highest BCUT2D eigenvalue weighted by molar-refractivity contribution is 7.13. The fourth-order valence-corrected chi connectivity index (χ4v) is 3.06. The summed E-state index contributed by atoms with van der Waals surface area (Å²) in [5.74, 6) is -0.0534. The molecule has 0 aliphatic rings. The minimum absolute atomic E-state index is 0.0534. The summed E-state index contributed by atoms with van der Waals surface area (Å²) in [6.07, 6.45) is 1.23. The Balaban J connectivity index is 1.46. The Bertz CT molecular complexity index is 772. The van der Waals surface area contributed by atoms with Gasteiger partial charge in [0.1, 0.15) is 0 Å². The van der Waals surface area contributed by atoms with Crippen LogP contribution in [0.5, 0.6) is 0 Å². The van der Waals surface area contributed by atoms with Crippen LogP contribution >= 0.6 is 11.3 Å². The van der Waals surface area contributed by atoms with E-state index in [0.717, 1.165) is 29.5 Å². The van der Waals surface area contributed by atoms with E-state index in [-0.39, 0.29) is 12.3 Å². The number of hydrogen-bond acceptors (Lipinski definition) is 4. The number of carbonyl (C=O) groups is 1. The van der Waals surface area contributed by atoms with Gasteiger partial charge in [0.05, 0.1) is 12.1 Å². The summed E-state index contributed by atoms with van der Waals surface area (Å²) in [4.78, 5) is 16.5. The van der Waals surface area contributed by atoms with Gasteiger partial charge in [0.15, 0.2) is 5.13 Å². The number of benzene rings is 2. The Hall–Kier alpha value is -2.66. The van der Waals surface area contributed by atoms with Gasteiger partial charge in [-0.3, -0.25) is 4.79 Å². The zero-order chi connectivity index (χ0) is 16.6. The lowest BCUT2D eigenvalue weighted by molar-refractivity contribution is -0.115.